The molecule has 25 heavy (non-hydrogen) atoms. The molecule has 2 aromatic carbocycles. The van der Waals surface area contributed by atoms with Gasteiger partial charge < -0.3 is 9.64 Å². The number of alkyl halides is 2. The maximum Gasteiger partial charge on any atom is 0.387 e. The van der Waals surface area contributed by atoms with Crippen molar-refractivity contribution in [1.82, 2.24) is 4.90 Å². The quantitative estimate of drug-likeness (QED) is 0.804. The lowest BCUT2D eigenvalue weighted by atomic mass is 10.0. The molecule has 0 saturated carbocycles. The second-order valence-corrected chi connectivity index (χ2v) is 6.00. The molecule has 3 nitrogen and oxygen atoms in total. The van der Waals surface area contributed by atoms with Crippen molar-refractivity contribution >= 4 is 5.91 Å². The van der Waals surface area contributed by atoms with Gasteiger partial charge in [-0.1, -0.05) is 24.3 Å². The summed E-state index contributed by atoms with van der Waals surface area (Å²) in [6, 6.07) is 12.2. The van der Waals surface area contributed by atoms with Crippen LogP contribution in [0.2, 0.25) is 0 Å². The van der Waals surface area contributed by atoms with E-state index in [2.05, 4.69) is 4.74 Å². The van der Waals surface area contributed by atoms with E-state index in [-0.39, 0.29) is 29.9 Å². The zero-order valence-electron chi connectivity index (χ0n) is 13.5. The number of amides is 1. The number of carbonyl (C=O) groups excluding carboxylic acids is 1. The van der Waals surface area contributed by atoms with Gasteiger partial charge in [0.15, 0.2) is 0 Å². The van der Waals surface area contributed by atoms with E-state index in [9.17, 15) is 18.0 Å². The summed E-state index contributed by atoms with van der Waals surface area (Å²) in [4.78, 5) is 14.4. The third kappa shape index (κ3) is 4.32. The summed E-state index contributed by atoms with van der Waals surface area (Å²) >= 11 is 0. The van der Waals surface area contributed by atoms with E-state index < -0.39 is 6.61 Å². The Morgan fingerprint density at radius 1 is 1.12 bits per heavy atom. The normalized spacial score (nSPS) is 17.1. The molecule has 1 aliphatic heterocycles. The van der Waals surface area contributed by atoms with Crippen molar-refractivity contribution < 1.29 is 22.7 Å². The molecule has 0 N–H and O–H groups in total. The molecule has 1 saturated heterocycles. The largest absolute Gasteiger partial charge is 0.435 e. The fourth-order valence-corrected chi connectivity index (χ4v) is 3.16. The molecule has 1 unspecified atom stereocenters. The van der Waals surface area contributed by atoms with Crippen LogP contribution in [0.5, 0.6) is 5.75 Å². The van der Waals surface area contributed by atoms with Gasteiger partial charge in [0.2, 0.25) is 5.91 Å². The molecule has 1 heterocycles. The molecule has 1 aliphatic rings. The molecule has 132 valence electrons. The summed E-state index contributed by atoms with van der Waals surface area (Å²) in [5.41, 5.74) is 1.66. The molecule has 0 aliphatic carbocycles. The number of nitrogens with zero attached hydrogens (tertiary/aromatic N) is 1. The number of hydrogen-bond donors (Lipinski definition) is 0. The molecule has 1 atom stereocenters. The Morgan fingerprint density at radius 3 is 2.44 bits per heavy atom. The zero-order chi connectivity index (χ0) is 17.8. The van der Waals surface area contributed by atoms with E-state index in [4.69, 9.17) is 0 Å². The highest BCUT2D eigenvalue weighted by Crippen LogP contribution is 2.32. The van der Waals surface area contributed by atoms with Crippen LogP contribution >= 0.6 is 0 Å². The zero-order valence-corrected chi connectivity index (χ0v) is 13.5. The second kappa shape index (κ2) is 7.59. The Morgan fingerprint density at radius 2 is 1.80 bits per heavy atom. The van der Waals surface area contributed by atoms with E-state index in [0.717, 1.165) is 24.0 Å². The van der Waals surface area contributed by atoms with Gasteiger partial charge in [0, 0.05) is 6.54 Å². The number of likely N-dealkylation sites (tertiary alicyclic amines) is 1. The van der Waals surface area contributed by atoms with Crippen molar-refractivity contribution in [3.05, 3.63) is 65.5 Å². The van der Waals surface area contributed by atoms with Crippen molar-refractivity contribution in [2.45, 2.75) is 31.9 Å². The van der Waals surface area contributed by atoms with Crippen molar-refractivity contribution in [3.63, 3.8) is 0 Å². The second-order valence-electron chi connectivity index (χ2n) is 6.00. The van der Waals surface area contributed by atoms with Crippen LogP contribution in [0.15, 0.2) is 48.5 Å². The average Bonchev–Trinajstić information content (AvgIpc) is 3.06. The molecule has 0 bridgehead atoms. The molecule has 1 fully saturated rings. The van der Waals surface area contributed by atoms with Gasteiger partial charge in [-0.05, 0) is 48.2 Å². The minimum absolute atomic E-state index is 0.0330. The lowest BCUT2D eigenvalue weighted by molar-refractivity contribution is -0.131. The molecular weight excluding hydrogens is 331 g/mol. The maximum atomic E-state index is 13.1. The minimum Gasteiger partial charge on any atom is -0.435 e. The first-order valence-corrected chi connectivity index (χ1v) is 8.11. The van der Waals surface area contributed by atoms with E-state index in [1.165, 1.54) is 24.3 Å². The van der Waals surface area contributed by atoms with Crippen molar-refractivity contribution in [3.8, 4) is 5.75 Å². The maximum absolute atomic E-state index is 13.1. The summed E-state index contributed by atoms with van der Waals surface area (Å²) in [5, 5.41) is 0. The third-order valence-corrected chi connectivity index (χ3v) is 4.33. The van der Waals surface area contributed by atoms with Crippen LogP contribution in [-0.2, 0) is 11.2 Å². The molecule has 0 radical (unpaired) electrons. The van der Waals surface area contributed by atoms with Crippen LogP contribution in [0.25, 0.3) is 0 Å². The number of benzene rings is 2. The van der Waals surface area contributed by atoms with Crippen molar-refractivity contribution in [2.24, 2.45) is 0 Å². The number of ether oxygens (including phenoxy) is 1. The molecule has 3 rings (SSSR count). The van der Waals surface area contributed by atoms with Gasteiger partial charge in [-0.15, -0.1) is 0 Å². The Labute approximate surface area is 144 Å². The number of hydrogen-bond acceptors (Lipinski definition) is 2. The summed E-state index contributed by atoms with van der Waals surface area (Å²) in [7, 11) is 0. The highest BCUT2D eigenvalue weighted by Gasteiger charge is 2.29. The SMILES string of the molecule is O=C(Cc1ccc(OC(F)F)cc1)N1CCCC1c1ccc(F)cc1. The van der Waals surface area contributed by atoms with E-state index >= 15 is 0 Å². The summed E-state index contributed by atoms with van der Waals surface area (Å²) in [6.45, 7) is -2.21. The standard InChI is InChI=1S/C19H18F3NO2/c20-15-7-5-14(6-8-15)17-2-1-11-23(17)18(24)12-13-3-9-16(10-4-13)25-19(21)22/h3-10,17,19H,1-2,11-12H2. The number of rotatable bonds is 5. The highest BCUT2D eigenvalue weighted by molar-refractivity contribution is 5.79. The molecule has 0 spiro atoms. The first kappa shape index (κ1) is 17.3. The summed E-state index contributed by atoms with van der Waals surface area (Å²) in [6.07, 6.45) is 1.93. The van der Waals surface area contributed by atoms with Gasteiger partial charge in [0.1, 0.15) is 11.6 Å². The Kier molecular flexibility index (Phi) is 5.26. The Bertz CT molecular complexity index is 716. The van der Waals surface area contributed by atoms with Crippen LogP contribution in [0.4, 0.5) is 13.2 Å². The summed E-state index contributed by atoms with van der Waals surface area (Å²) in [5.74, 6) is -0.267. The molecule has 6 heteroatoms. The molecule has 2 aromatic rings. The van der Waals surface area contributed by atoms with Gasteiger partial charge in [-0.25, -0.2) is 4.39 Å². The first-order valence-electron chi connectivity index (χ1n) is 8.11. The highest BCUT2D eigenvalue weighted by atomic mass is 19.3. The van der Waals surface area contributed by atoms with Crippen molar-refractivity contribution in [1.29, 1.82) is 0 Å². The lowest BCUT2D eigenvalue weighted by Crippen LogP contribution is -2.31. The fraction of sp³-hybridized carbons (Fsp3) is 0.316. The van der Waals surface area contributed by atoms with Crippen molar-refractivity contribution in [2.75, 3.05) is 6.54 Å². The average molecular weight is 349 g/mol. The molecule has 1 amide bonds. The molecule has 0 aromatic heterocycles. The predicted octanol–water partition coefficient (Wildman–Crippen LogP) is 4.33. The van der Waals surface area contributed by atoms with Gasteiger partial charge >= 0.3 is 6.61 Å². The minimum atomic E-state index is -2.87. The molecular formula is C19H18F3NO2. The fourth-order valence-electron chi connectivity index (χ4n) is 3.16. The van der Waals surface area contributed by atoms with Gasteiger partial charge in [0.05, 0.1) is 12.5 Å². The van der Waals surface area contributed by atoms with Gasteiger partial charge in [0.25, 0.3) is 0 Å². The van der Waals surface area contributed by atoms with E-state index in [1.807, 2.05) is 0 Å². The van der Waals surface area contributed by atoms with E-state index in [1.54, 1.807) is 29.2 Å². The van der Waals surface area contributed by atoms with Crippen LogP contribution in [0.1, 0.15) is 30.0 Å². The van der Waals surface area contributed by atoms with Crippen LogP contribution in [0.3, 0.4) is 0 Å². The lowest BCUT2D eigenvalue weighted by Gasteiger charge is -2.25. The smallest absolute Gasteiger partial charge is 0.387 e. The Hall–Kier alpha value is -2.50. The van der Waals surface area contributed by atoms with Crippen LogP contribution in [0, 0.1) is 5.82 Å². The number of halogens is 3. The Balaban J connectivity index is 1.66. The van der Waals surface area contributed by atoms with Crippen LogP contribution in [-0.4, -0.2) is 24.0 Å². The van der Waals surface area contributed by atoms with Gasteiger partial charge in [-0.3, -0.25) is 4.79 Å². The number of carbonyl (C=O) groups is 1. The first-order chi connectivity index (χ1) is 12.0. The van der Waals surface area contributed by atoms with E-state index in [0.29, 0.717) is 6.54 Å². The topological polar surface area (TPSA) is 29.5 Å². The predicted molar refractivity (Wildman–Crippen MR) is 86.9 cm³/mol. The third-order valence-electron chi connectivity index (χ3n) is 4.33. The monoisotopic (exact) mass is 349 g/mol. The summed E-state index contributed by atoms with van der Waals surface area (Å²) < 4.78 is 41.7. The van der Waals surface area contributed by atoms with Crippen LogP contribution < -0.4 is 4.74 Å². The van der Waals surface area contributed by atoms with Gasteiger partial charge in [-0.2, -0.15) is 8.78 Å².